The predicted octanol–water partition coefficient (Wildman–Crippen LogP) is 2.56. The molecule has 2 rings (SSSR count). The third kappa shape index (κ3) is 2.93. The SMILES string of the molecule is CSC1(CNCC2(O)CCCCC2)CCC1. The third-order valence-corrected chi connectivity index (χ3v) is 5.80. The van der Waals surface area contributed by atoms with Crippen LogP contribution in [0.2, 0.25) is 0 Å². The fraction of sp³-hybridized carbons (Fsp3) is 1.00. The van der Waals surface area contributed by atoms with Crippen molar-refractivity contribution in [2.45, 2.75) is 61.7 Å². The lowest BCUT2D eigenvalue weighted by atomic mass is 9.82. The van der Waals surface area contributed by atoms with Crippen molar-refractivity contribution < 1.29 is 5.11 Å². The van der Waals surface area contributed by atoms with E-state index in [-0.39, 0.29) is 0 Å². The molecule has 3 heteroatoms. The Bertz CT molecular complexity index is 216. The first-order valence-corrected chi connectivity index (χ1v) is 7.89. The molecule has 0 aromatic rings. The molecule has 94 valence electrons. The molecule has 0 radical (unpaired) electrons. The largest absolute Gasteiger partial charge is 0.389 e. The number of nitrogens with one attached hydrogen (secondary N) is 1. The normalized spacial score (nSPS) is 27.4. The summed E-state index contributed by atoms with van der Waals surface area (Å²) >= 11 is 2.00. The molecule has 2 fully saturated rings. The number of hydrogen-bond acceptors (Lipinski definition) is 3. The molecular formula is C13H25NOS. The summed E-state index contributed by atoms with van der Waals surface area (Å²) in [5.74, 6) is 0. The van der Waals surface area contributed by atoms with Crippen LogP contribution in [0.4, 0.5) is 0 Å². The van der Waals surface area contributed by atoms with E-state index in [0.717, 1.165) is 25.9 Å². The molecule has 0 aliphatic heterocycles. The maximum Gasteiger partial charge on any atom is 0.0771 e. The van der Waals surface area contributed by atoms with Gasteiger partial charge in [0.2, 0.25) is 0 Å². The Balaban J connectivity index is 1.70. The van der Waals surface area contributed by atoms with E-state index in [0.29, 0.717) is 4.75 Å². The fourth-order valence-electron chi connectivity index (χ4n) is 2.93. The highest BCUT2D eigenvalue weighted by Gasteiger charge is 2.36. The average Bonchev–Trinajstić information content (AvgIpc) is 2.23. The van der Waals surface area contributed by atoms with Crippen molar-refractivity contribution in [1.82, 2.24) is 5.32 Å². The van der Waals surface area contributed by atoms with Crippen LogP contribution in [-0.2, 0) is 0 Å². The van der Waals surface area contributed by atoms with E-state index in [2.05, 4.69) is 11.6 Å². The van der Waals surface area contributed by atoms with E-state index in [1.165, 1.54) is 38.5 Å². The first-order valence-electron chi connectivity index (χ1n) is 6.66. The molecule has 0 atom stereocenters. The fourth-order valence-corrected chi connectivity index (χ4v) is 3.88. The monoisotopic (exact) mass is 243 g/mol. The standard InChI is InChI=1S/C13H25NOS/c1-16-13(8-5-9-13)11-14-10-12(15)6-3-2-4-7-12/h14-15H,2-11H2,1H3. The maximum absolute atomic E-state index is 10.4. The van der Waals surface area contributed by atoms with Crippen LogP contribution < -0.4 is 5.32 Å². The van der Waals surface area contributed by atoms with Gasteiger partial charge >= 0.3 is 0 Å². The summed E-state index contributed by atoms with van der Waals surface area (Å²) in [6.45, 7) is 1.88. The minimum atomic E-state index is -0.401. The van der Waals surface area contributed by atoms with Gasteiger partial charge in [-0.15, -0.1) is 0 Å². The molecule has 0 heterocycles. The first-order chi connectivity index (χ1) is 7.68. The zero-order valence-corrected chi connectivity index (χ0v) is 11.2. The Labute approximate surface area is 104 Å². The van der Waals surface area contributed by atoms with Crippen molar-refractivity contribution in [3.05, 3.63) is 0 Å². The van der Waals surface area contributed by atoms with Crippen LogP contribution in [0.3, 0.4) is 0 Å². The molecule has 2 saturated carbocycles. The Morgan fingerprint density at radius 1 is 1.00 bits per heavy atom. The molecule has 0 aromatic heterocycles. The van der Waals surface area contributed by atoms with Gasteiger partial charge in [0.05, 0.1) is 5.60 Å². The van der Waals surface area contributed by atoms with Crippen molar-refractivity contribution >= 4 is 11.8 Å². The molecule has 0 amide bonds. The van der Waals surface area contributed by atoms with E-state index in [4.69, 9.17) is 0 Å². The van der Waals surface area contributed by atoms with Gasteiger partial charge in [-0.25, -0.2) is 0 Å². The quantitative estimate of drug-likeness (QED) is 0.778. The second kappa shape index (κ2) is 5.28. The topological polar surface area (TPSA) is 32.3 Å². The molecule has 16 heavy (non-hydrogen) atoms. The van der Waals surface area contributed by atoms with Gasteiger partial charge in [0.25, 0.3) is 0 Å². The van der Waals surface area contributed by atoms with Crippen LogP contribution in [0.5, 0.6) is 0 Å². The lowest BCUT2D eigenvalue weighted by Gasteiger charge is -2.42. The summed E-state index contributed by atoms with van der Waals surface area (Å²) in [5.41, 5.74) is -0.401. The van der Waals surface area contributed by atoms with Gasteiger partial charge < -0.3 is 10.4 Å². The van der Waals surface area contributed by atoms with Gasteiger partial charge in [0, 0.05) is 17.8 Å². The molecular weight excluding hydrogens is 218 g/mol. The van der Waals surface area contributed by atoms with E-state index >= 15 is 0 Å². The predicted molar refractivity (Wildman–Crippen MR) is 71.0 cm³/mol. The minimum Gasteiger partial charge on any atom is -0.389 e. The zero-order valence-electron chi connectivity index (χ0n) is 10.4. The summed E-state index contributed by atoms with van der Waals surface area (Å²) in [6, 6.07) is 0. The highest BCUT2D eigenvalue weighted by Crippen LogP contribution is 2.42. The maximum atomic E-state index is 10.4. The summed E-state index contributed by atoms with van der Waals surface area (Å²) in [5, 5.41) is 13.9. The second-order valence-electron chi connectivity index (χ2n) is 5.63. The first kappa shape index (κ1) is 12.7. The summed E-state index contributed by atoms with van der Waals surface area (Å²) < 4.78 is 0.491. The van der Waals surface area contributed by atoms with E-state index in [9.17, 15) is 5.11 Å². The Kier molecular flexibility index (Phi) is 4.20. The van der Waals surface area contributed by atoms with Crippen LogP contribution >= 0.6 is 11.8 Å². The third-order valence-electron chi connectivity index (χ3n) is 4.38. The number of aliphatic hydroxyl groups is 1. The van der Waals surface area contributed by atoms with Gasteiger partial charge in [-0.3, -0.25) is 0 Å². The van der Waals surface area contributed by atoms with E-state index in [1.54, 1.807) is 0 Å². The van der Waals surface area contributed by atoms with Crippen LogP contribution in [0.15, 0.2) is 0 Å². The molecule has 0 bridgehead atoms. The zero-order chi connectivity index (χ0) is 11.5. The average molecular weight is 243 g/mol. The molecule has 0 saturated heterocycles. The van der Waals surface area contributed by atoms with Gasteiger partial charge in [-0.05, 0) is 31.9 Å². The van der Waals surface area contributed by atoms with Crippen molar-refractivity contribution in [3.63, 3.8) is 0 Å². The summed E-state index contributed by atoms with van der Waals surface area (Å²) in [6.07, 6.45) is 12.0. The Morgan fingerprint density at radius 3 is 2.19 bits per heavy atom. The van der Waals surface area contributed by atoms with Crippen molar-refractivity contribution in [1.29, 1.82) is 0 Å². The van der Waals surface area contributed by atoms with Crippen molar-refractivity contribution in [2.24, 2.45) is 0 Å². The summed E-state index contributed by atoms with van der Waals surface area (Å²) in [4.78, 5) is 0. The lowest BCUT2D eigenvalue weighted by molar-refractivity contribution is 0.00413. The van der Waals surface area contributed by atoms with Crippen molar-refractivity contribution in [3.8, 4) is 0 Å². The highest BCUT2D eigenvalue weighted by molar-refractivity contribution is 8.00. The van der Waals surface area contributed by atoms with E-state index in [1.807, 2.05) is 11.8 Å². The molecule has 2 nitrogen and oxygen atoms in total. The molecule has 0 aromatic carbocycles. The Hall–Kier alpha value is 0.270. The molecule has 2 aliphatic rings. The van der Waals surface area contributed by atoms with Crippen LogP contribution in [0.25, 0.3) is 0 Å². The lowest BCUT2D eigenvalue weighted by Crippen LogP contribution is -2.49. The molecule has 0 unspecified atom stereocenters. The minimum absolute atomic E-state index is 0.401. The van der Waals surface area contributed by atoms with Gasteiger partial charge in [-0.1, -0.05) is 25.7 Å². The second-order valence-corrected chi connectivity index (χ2v) is 6.90. The Morgan fingerprint density at radius 2 is 1.69 bits per heavy atom. The van der Waals surface area contributed by atoms with Crippen LogP contribution in [-0.4, -0.2) is 34.8 Å². The highest BCUT2D eigenvalue weighted by atomic mass is 32.2. The number of thioether (sulfide) groups is 1. The molecule has 0 spiro atoms. The number of rotatable bonds is 5. The van der Waals surface area contributed by atoms with Crippen molar-refractivity contribution in [2.75, 3.05) is 19.3 Å². The van der Waals surface area contributed by atoms with Crippen LogP contribution in [0, 0.1) is 0 Å². The smallest absolute Gasteiger partial charge is 0.0771 e. The van der Waals surface area contributed by atoms with Gasteiger partial charge in [0.15, 0.2) is 0 Å². The summed E-state index contributed by atoms with van der Waals surface area (Å²) in [7, 11) is 0. The molecule has 2 N–H and O–H groups in total. The van der Waals surface area contributed by atoms with Gasteiger partial charge in [0.1, 0.15) is 0 Å². The van der Waals surface area contributed by atoms with Crippen LogP contribution in [0.1, 0.15) is 51.4 Å². The van der Waals surface area contributed by atoms with E-state index < -0.39 is 5.60 Å². The molecule has 2 aliphatic carbocycles. The van der Waals surface area contributed by atoms with Gasteiger partial charge in [-0.2, -0.15) is 11.8 Å². The number of hydrogen-bond donors (Lipinski definition) is 2.